The molecule has 1 aliphatic heterocycles. The number of morpholine rings is 1. The van der Waals surface area contributed by atoms with E-state index in [1.807, 2.05) is 4.90 Å². The van der Waals surface area contributed by atoms with E-state index in [1.165, 1.54) is 0 Å². The molecule has 102 valence electrons. The van der Waals surface area contributed by atoms with Crippen molar-refractivity contribution in [2.45, 2.75) is 12.2 Å². The van der Waals surface area contributed by atoms with Crippen LogP contribution in [0.5, 0.6) is 0 Å². The molecule has 1 atom stereocenters. The summed E-state index contributed by atoms with van der Waals surface area (Å²) in [5, 5.41) is 9.20. The summed E-state index contributed by atoms with van der Waals surface area (Å²) in [4.78, 5) is 1.81. The van der Waals surface area contributed by atoms with E-state index in [0.717, 1.165) is 0 Å². The first kappa shape index (κ1) is 13.5. The van der Waals surface area contributed by atoms with Crippen LogP contribution in [0.4, 0.5) is 18.3 Å². The van der Waals surface area contributed by atoms with Gasteiger partial charge in [0.1, 0.15) is 0 Å². The van der Waals surface area contributed by atoms with Crippen molar-refractivity contribution in [1.29, 1.82) is 0 Å². The first-order chi connectivity index (χ1) is 8.52. The first-order valence-electron chi connectivity index (χ1n) is 5.42. The Morgan fingerprint density at radius 1 is 1.50 bits per heavy atom. The van der Waals surface area contributed by atoms with Gasteiger partial charge in [-0.05, 0) is 7.05 Å². The van der Waals surface area contributed by atoms with Crippen molar-refractivity contribution in [3.63, 3.8) is 0 Å². The molecule has 0 bridgehead atoms. The van der Waals surface area contributed by atoms with Crippen molar-refractivity contribution >= 4 is 16.5 Å². The van der Waals surface area contributed by atoms with E-state index < -0.39 is 11.2 Å². The number of rotatable bonds is 3. The fourth-order valence-corrected chi connectivity index (χ4v) is 2.57. The van der Waals surface area contributed by atoms with Crippen LogP contribution in [0.2, 0.25) is 0 Å². The molecule has 0 amide bonds. The molecule has 1 saturated heterocycles. The van der Waals surface area contributed by atoms with E-state index in [1.54, 1.807) is 7.05 Å². The van der Waals surface area contributed by atoms with Crippen LogP contribution in [0.15, 0.2) is 0 Å². The Balaban J connectivity index is 2.15. The maximum atomic E-state index is 12.5. The van der Waals surface area contributed by atoms with Gasteiger partial charge in [0.15, 0.2) is 0 Å². The summed E-state index contributed by atoms with van der Waals surface area (Å²) in [5.41, 5.74) is 0. The number of ether oxygens (including phenoxy) is 1. The molecule has 2 heterocycles. The average Bonchev–Trinajstić information content (AvgIpc) is 2.79. The molecule has 1 fully saturated rings. The van der Waals surface area contributed by atoms with Gasteiger partial charge in [0.25, 0.3) is 0 Å². The molecule has 1 aliphatic rings. The zero-order valence-electron chi connectivity index (χ0n) is 9.70. The second-order valence-corrected chi connectivity index (χ2v) is 4.82. The predicted molar refractivity (Wildman–Crippen MR) is 60.8 cm³/mol. The van der Waals surface area contributed by atoms with E-state index in [-0.39, 0.29) is 6.04 Å². The van der Waals surface area contributed by atoms with E-state index in [2.05, 4.69) is 15.5 Å². The van der Waals surface area contributed by atoms with Crippen LogP contribution in [0.25, 0.3) is 0 Å². The molecule has 2 rings (SSSR count). The maximum Gasteiger partial charge on any atom is 0.445 e. The number of anilines is 1. The van der Waals surface area contributed by atoms with Gasteiger partial charge in [0.2, 0.25) is 10.1 Å². The Bertz CT molecular complexity index is 395. The maximum absolute atomic E-state index is 12.5. The minimum atomic E-state index is -4.43. The fourth-order valence-electron chi connectivity index (χ4n) is 1.76. The number of nitrogens with one attached hydrogen (secondary N) is 1. The van der Waals surface area contributed by atoms with Crippen LogP contribution in [0.1, 0.15) is 5.01 Å². The summed E-state index contributed by atoms with van der Waals surface area (Å²) >= 11 is 0.571. The summed E-state index contributed by atoms with van der Waals surface area (Å²) < 4.78 is 42.7. The molecule has 1 aromatic heterocycles. The summed E-state index contributed by atoms with van der Waals surface area (Å²) in [7, 11) is 1.79. The summed E-state index contributed by atoms with van der Waals surface area (Å²) in [6.07, 6.45) is -4.43. The second-order valence-electron chi connectivity index (χ2n) is 3.87. The predicted octanol–water partition coefficient (Wildman–Crippen LogP) is 0.982. The number of nitrogens with zero attached hydrogens (tertiary/aromatic N) is 3. The molecule has 0 saturated carbocycles. The highest BCUT2D eigenvalue weighted by molar-refractivity contribution is 7.15. The minimum Gasteiger partial charge on any atom is -0.377 e. The van der Waals surface area contributed by atoms with Crippen molar-refractivity contribution in [3.05, 3.63) is 5.01 Å². The third kappa shape index (κ3) is 2.90. The molecule has 9 heteroatoms. The quantitative estimate of drug-likeness (QED) is 0.895. The Kier molecular flexibility index (Phi) is 4.03. The topological polar surface area (TPSA) is 50.3 Å². The Morgan fingerprint density at radius 2 is 2.28 bits per heavy atom. The van der Waals surface area contributed by atoms with Gasteiger partial charge in [-0.1, -0.05) is 11.3 Å². The van der Waals surface area contributed by atoms with Gasteiger partial charge in [0.05, 0.1) is 19.3 Å². The highest BCUT2D eigenvalue weighted by Gasteiger charge is 2.37. The lowest BCUT2D eigenvalue weighted by Gasteiger charge is -2.34. The van der Waals surface area contributed by atoms with Crippen LogP contribution >= 0.6 is 11.3 Å². The number of likely N-dealkylation sites (N-methyl/N-ethyl adjacent to an activating group) is 1. The van der Waals surface area contributed by atoms with Crippen molar-refractivity contribution in [2.75, 3.05) is 38.3 Å². The highest BCUT2D eigenvalue weighted by atomic mass is 32.1. The number of aromatic nitrogens is 2. The third-order valence-corrected chi connectivity index (χ3v) is 3.58. The molecule has 18 heavy (non-hydrogen) atoms. The van der Waals surface area contributed by atoms with Crippen LogP contribution in [-0.4, -0.2) is 49.6 Å². The van der Waals surface area contributed by atoms with E-state index in [4.69, 9.17) is 4.74 Å². The fraction of sp³-hybridized carbons (Fsp3) is 0.778. The molecule has 5 nitrogen and oxygen atoms in total. The number of hydrogen-bond acceptors (Lipinski definition) is 6. The van der Waals surface area contributed by atoms with Crippen molar-refractivity contribution in [3.8, 4) is 0 Å². The summed E-state index contributed by atoms with van der Waals surface area (Å²) in [5.74, 6) is 0. The Hall–Kier alpha value is -0.930. The van der Waals surface area contributed by atoms with E-state index in [0.29, 0.717) is 42.8 Å². The average molecular weight is 282 g/mol. The Labute approximate surface area is 106 Å². The monoisotopic (exact) mass is 282 g/mol. The lowest BCUT2D eigenvalue weighted by atomic mass is 10.2. The lowest BCUT2D eigenvalue weighted by molar-refractivity contribution is -0.138. The van der Waals surface area contributed by atoms with Gasteiger partial charge in [-0.3, -0.25) is 0 Å². The van der Waals surface area contributed by atoms with Gasteiger partial charge in [-0.15, -0.1) is 10.2 Å². The largest absolute Gasteiger partial charge is 0.445 e. The molecule has 1 N–H and O–H groups in total. The molecule has 1 unspecified atom stereocenters. The van der Waals surface area contributed by atoms with Gasteiger partial charge in [0, 0.05) is 13.1 Å². The van der Waals surface area contributed by atoms with Crippen molar-refractivity contribution in [2.24, 2.45) is 0 Å². The first-order valence-corrected chi connectivity index (χ1v) is 6.23. The van der Waals surface area contributed by atoms with Gasteiger partial charge >= 0.3 is 6.18 Å². The summed E-state index contributed by atoms with van der Waals surface area (Å²) in [6, 6.07) is -0.0159. The van der Waals surface area contributed by atoms with Gasteiger partial charge in [-0.25, -0.2) is 0 Å². The standard InChI is InChI=1S/C9H13F3N4OS/c1-13-4-6-5-17-3-2-16(6)8-15-14-7(18-8)9(10,11)12/h6,13H,2-5H2,1H3. The van der Waals surface area contributed by atoms with Crippen LogP contribution < -0.4 is 10.2 Å². The lowest BCUT2D eigenvalue weighted by Crippen LogP contribution is -2.50. The van der Waals surface area contributed by atoms with Crippen molar-refractivity contribution < 1.29 is 17.9 Å². The van der Waals surface area contributed by atoms with Crippen LogP contribution in [0, 0.1) is 0 Å². The zero-order chi connectivity index (χ0) is 13.2. The minimum absolute atomic E-state index is 0.0159. The SMILES string of the molecule is CNCC1COCCN1c1nnc(C(F)(F)F)s1. The smallest absolute Gasteiger partial charge is 0.377 e. The normalized spacial score (nSPS) is 21.3. The van der Waals surface area contributed by atoms with Crippen LogP contribution in [0.3, 0.4) is 0 Å². The molecule has 0 aliphatic carbocycles. The van der Waals surface area contributed by atoms with Gasteiger partial charge in [-0.2, -0.15) is 13.2 Å². The second kappa shape index (κ2) is 5.37. The van der Waals surface area contributed by atoms with Crippen LogP contribution in [-0.2, 0) is 10.9 Å². The summed E-state index contributed by atoms with van der Waals surface area (Å²) in [6.45, 7) is 2.11. The molecule has 1 aromatic rings. The van der Waals surface area contributed by atoms with Gasteiger partial charge < -0.3 is 15.0 Å². The molecular formula is C9H13F3N4OS. The van der Waals surface area contributed by atoms with Crippen molar-refractivity contribution in [1.82, 2.24) is 15.5 Å². The molecule has 0 aromatic carbocycles. The highest BCUT2D eigenvalue weighted by Crippen LogP contribution is 2.35. The van der Waals surface area contributed by atoms with E-state index in [9.17, 15) is 13.2 Å². The molecular weight excluding hydrogens is 269 g/mol. The Morgan fingerprint density at radius 3 is 2.89 bits per heavy atom. The number of hydrogen-bond donors (Lipinski definition) is 1. The number of alkyl halides is 3. The molecule has 0 spiro atoms. The molecule has 0 radical (unpaired) electrons. The van der Waals surface area contributed by atoms with E-state index >= 15 is 0 Å². The number of halogens is 3. The zero-order valence-corrected chi connectivity index (χ0v) is 10.5. The third-order valence-electron chi connectivity index (χ3n) is 2.57.